The van der Waals surface area contributed by atoms with Gasteiger partial charge in [0, 0.05) is 11.7 Å². The van der Waals surface area contributed by atoms with E-state index in [4.69, 9.17) is 5.11 Å². The van der Waals surface area contributed by atoms with Gasteiger partial charge in [-0.1, -0.05) is 24.3 Å². The Morgan fingerprint density at radius 2 is 2.24 bits per heavy atom. The average Bonchev–Trinajstić information content (AvgIpc) is 2.25. The van der Waals surface area contributed by atoms with E-state index in [1.54, 1.807) is 12.2 Å². The summed E-state index contributed by atoms with van der Waals surface area (Å²) >= 11 is 0. The topological polar surface area (TPSA) is 61.4 Å². The standard InChI is InChI=1S/C13H18N2O2/c1-10(2)14-13(17)15-12-7-3-5-11(9-12)6-4-8-16/h3-7,9-10,16H,8H2,1-2H3,(H2,14,15,17). The highest BCUT2D eigenvalue weighted by molar-refractivity contribution is 5.89. The number of aliphatic hydroxyl groups excluding tert-OH is 1. The molecule has 0 heterocycles. The van der Waals surface area contributed by atoms with Gasteiger partial charge in [0.25, 0.3) is 0 Å². The van der Waals surface area contributed by atoms with Crippen LogP contribution in [0.25, 0.3) is 6.08 Å². The number of nitrogens with one attached hydrogen (secondary N) is 2. The Morgan fingerprint density at radius 3 is 2.88 bits per heavy atom. The van der Waals surface area contributed by atoms with Crippen molar-refractivity contribution < 1.29 is 9.90 Å². The van der Waals surface area contributed by atoms with Crippen molar-refractivity contribution in [1.82, 2.24) is 5.32 Å². The number of aliphatic hydroxyl groups is 1. The zero-order valence-electron chi connectivity index (χ0n) is 10.1. The highest BCUT2D eigenvalue weighted by Gasteiger charge is 2.02. The summed E-state index contributed by atoms with van der Waals surface area (Å²) in [6, 6.07) is 7.29. The Labute approximate surface area is 101 Å². The van der Waals surface area contributed by atoms with Crippen LogP contribution in [0.4, 0.5) is 10.5 Å². The number of carbonyl (C=O) groups excluding carboxylic acids is 1. The van der Waals surface area contributed by atoms with Crippen molar-refractivity contribution in [2.24, 2.45) is 0 Å². The molecule has 1 rings (SSSR count). The molecule has 92 valence electrons. The third-order valence-corrected chi connectivity index (χ3v) is 1.98. The zero-order chi connectivity index (χ0) is 12.7. The van der Waals surface area contributed by atoms with Gasteiger partial charge in [-0.15, -0.1) is 0 Å². The van der Waals surface area contributed by atoms with Crippen molar-refractivity contribution in [1.29, 1.82) is 0 Å². The lowest BCUT2D eigenvalue weighted by atomic mass is 10.2. The number of urea groups is 1. The Morgan fingerprint density at radius 1 is 1.47 bits per heavy atom. The monoisotopic (exact) mass is 234 g/mol. The van der Waals surface area contributed by atoms with E-state index in [0.717, 1.165) is 11.3 Å². The van der Waals surface area contributed by atoms with Crippen molar-refractivity contribution in [3.63, 3.8) is 0 Å². The molecule has 0 spiro atoms. The summed E-state index contributed by atoms with van der Waals surface area (Å²) in [4.78, 5) is 11.5. The zero-order valence-corrected chi connectivity index (χ0v) is 10.1. The van der Waals surface area contributed by atoms with Crippen LogP contribution in [0.2, 0.25) is 0 Å². The van der Waals surface area contributed by atoms with Gasteiger partial charge in [0.2, 0.25) is 0 Å². The molecule has 17 heavy (non-hydrogen) atoms. The van der Waals surface area contributed by atoms with Crippen molar-refractivity contribution in [3.05, 3.63) is 35.9 Å². The van der Waals surface area contributed by atoms with Crippen LogP contribution in [0, 0.1) is 0 Å². The van der Waals surface area contributed by atoms with Gasteiger partial charge in [-0.3, -0.25) is 0 Å². The predicted molar refractivity (Wildman–Crippen MR) is 69.9 cm³/mol. The maximum Gasteiger partial charge on any atom is 0.319 e. The number of anilines is 1. The first-order valence-electron chi connectivity index (χ1n) is 5.57. The minimum atomic E-state index is -0.219. The van der Waals surface area contributed by atoms with E-state index in [0.29, 0.717) is 0 Å². The van der Waals surface area contributed by atoms with Crippen molar-refractivity contribution >= 4 is 17.8 Å². The van der Waals surface area contributed by atoms with E-state index in [9.17, 15) is 4.79 Å². The van der Waals surface area contributed by atoms with E-state index in [-0.39, 0.29) is 18.7 Å². The molecule has 4 heteroatoms. The second-order valence-corrected chi connectivity index (χ2v) is 3.96. The van der Waals surface area contributed by atoms with Crippen molar-refractivity contribution in [2.75, 3.05) is 11.9 Å². The van der Waals surface area contributed by atoms with Gasteiger partial charge in [-0.2, -0.15) is 0 Å². The lowest BCUT2D eigenvalue weighted by molar-refractivity contribution is 0.250. The van der Waals surface area contributed by atoms with Crippen molar-refractivity contribution in [2.45, 2.75) is 19.9 Å². The summed E-state index contributed by atoms with van der Waals surface area (Å²) in [6.45, 7) is 3.81. The maximum absolute atomic E-state index is 11.5. The SMILES string of the molecule is CC(C)NC(=O)Nc1cccc(C=CCO)c1. The van der Waals surface area contributed by atoms with Gasteiger partial charge in [-0.05, 0) is 31.5 Å². The summed E-state index contributed by atoms with van der Waals surface area (Å²) in [7, 11) is 0. The number of hydrogen-bond donors (Lipinski definition) is 3. The van der Waals surface area contributed by atoms with Crippen LogP contribution in [-0.4, -0.2) is 23.8 Å². The van der Waals surface area contributed by atoms with E-state index >= 15 is 0 Å². The van der Waals surface area contributed by atoms with Crippen LogP contribution in [-0.2, 0) is 0 Å². The normalized spacial score (nSPS) is 10.8. The van der Waals surface area contributed by atoms with Crippen LogP contribution in [0.1, 0.15) is 19.4 Å². The van der Waals surface area contributed by atoms with Gasteiger partial charge in [0.1, 0.15) is 0 Å². The predicted octanol–water partition coefficient (Wildman–Crippen LogP) is 2.22. The summed E-state index contributed by atoms with van der Waals surface area (Å²) in [6.07, 6.45) is 3.44. The first-order chi connectivity index (χ1) is 8.11. The Balaban J connectivity index is 2.65. The van der Waals surface area contributed by atoms with Gasteiger partial charge in [-0.25, -0.2) is 4.79 Å². The van der Waals surface area contributed by atoms with Gasteiger partial charge < -0.3 is 15.7 Å². The summed E-state index contributed by atoms with van der Waals surface area (Å²) in [5.41, 5.74) is 1.66. The molecule has 2 amide bonds. The average molecular weight is 234 g/mol. The molecule has 3 N–H and O–H groups in total. The Kier molecular flexibility index (Phi) is 5.23. The van der Waals surface area contributed by atoms with E-state index < -0.39 is 0 Å². The largest absolute Gasteiger partial charge is 0.392 e. The lowest BCUT2D eigenvalue weighted by Gasteiger charge is -2.10. The third-order valence-electron chi connectivity index (χ3n) is 1.98. The van der Waals surface area contributed by atoms with E-state index in [2.05, 4.69) is 10.6 Å². The second-order valence-electron chi connectivity index (χ2n) is 3.96. The molecule has 4 nitrogen and oxygen atoms in total. The number of benzene rings is 1. The summed E-state index contributed by atoms with van der Waals surface area (Å²) in [5, 5.41) is 14.2. The molecule has 0 aliphatic rings. The first kappa shape index (κ1) is 13.3. The maximum atomic E-state index is 11.5. The fourth-order valence-corrected chi connectivity index (χ4v) is 1.34. The van der Waals surface area contributed by atoms with Crippen LogP contribution < -0.4 is 10.6 Å². The van der Waals surface area contributed by atoms with Gasteiger partial charge >= 0.3 is 6.03 Å². The summed E-state index contributed by atoms with van der Waals surface area (Å²) < 4.78 is 0. The molecule has 0 unspecified atom stereocenters. The number of carbonyl (C=O) groups is 1. The molecule has 0 aliphatic heterocycles. The van der Waals surface area contributed by atoms with Crippen LogP contribution in [0.5, 0.6) is 0 Å². The smallest absolute Gasteiger partial charge is 0.319 e. The van der Waals surface area contributed by atoms with Crippen LogP contribution in [0.3, 0.4) is 0 Å². The molecule has 0 aliphatic carbocycles. The third kappa shape index (κ3) is 5.17. The number of amides is 2. The molecular formula is C13H18N2O2. The molecule has 0 saturated heterocycles. The fourth-order valence-electron chi connectivity index (χ4n) is 1.34. The second kappa shape index (κ2) is 6.70. The molecule has 0 saturated carbocycles. The number of hydrogen-bond acceptors (Lipinski definition) is 2. The molecule has 0 radical (unpaired) electrons. The molecule has 1 aromatic rings. The molecule has 0 bridgehead atoms. The molecule has 0 atom stereocenters. The van der Waals surface area contributed by atoms with Crippen molar-refractivity contribution in [3.8, 4) is 0 Å². The minimum Gasteiger partial charge on any atom is -0.392 e. The van der Waals surface area contributed by atoms with Crippen LogP contribution >= 0.6 is 0 Å². The van der Waals surface area contributed by atoms with Gasteiger partial charge in [0.05, 0.1) is 6.61 Å². The molecule has 0 fully saturated rings. The summed E-state index contributed by atoms with van der Waals surface area (Å²) in [5.74, 6) is 0. The highest BCUT2D eigenvalue weighted by atomic mass is 16.2. The molecule has 1 aromatic carbocycles. The fraction of sp³-hybridized carbons (Fsp3) is 0.308. The van der Waals surface area contributed by atoms with Crippen LogP contribution in [0.15, 0.2) is 30.3 Å². The minimum absolute atomic E-state index is 0.00545. The van der Waals surface area contributed by atoms with E-state index in [1.165, 1.54) is 0 Å². The Hall–Kier alpha value is -1.81. The molecular weight excluding hydrogens is 216 g/mol. The first-order valence-corrected chi connectivity index (χ1v) is 5.57. The van der Waals surface area contributed by atoms with Gasteiger partial charge in [0.15, 0.2) is 0 Å². The Bertz CT molecular complexity index is 400. The quantitative estimate of drug-likeness (QED) is 0.748. The highest BCUT2D eigenvalue weighted by Crippen LogP contribution is 2.11. The van der Waals surface area contributed by atoms with E-state index in [1.807, 2.05) is 38.1 Å². The molecule has 0 aromatic heterocycles. The number of rotatable bonds is 4. The lowest BCUT2D eigenvalue weighted by Crippen LogP contribution is -2.34.